The van der Waals surface area contributed by atoms with E-state index in [0.29, 0.717) is 16.7 Å². The van der Waals surface area contributed by atoms with Gasteiger partial charge in [0, 0.05) is 6.42 Å². The second-order valence-electron chi connectivity index (χ2n) is 3.88. The third kappa shape index (κ3) is 2.33. The number of rotatable bonds is 3. The lowest BCUT2D eigenvalue weighted by molar-refractivity contribution is -0.137. The van der Waals surface area contributed by atoms with Crippen LogP contribution in [0.5, 0.6) is 0 Å². The second-order valence-corrected chi connectivity index (χ2v) is 3.88. The monoisotopic (exact) mass is 232 g/mol. The van der Waals surface area contributed by atoms with E-state index in [2.05, 4.69) is 9.97 Å². The van der Waals surface area contributed by atoms with Crippen molar-refractivity contribution in [1.82, 2.24) is 9.97 Å². The quantitative estimate of drug-likeness (QED) is 0.834. The molecule has 17 heavy (non-hydrogen) atoms. The lowest BCUT2D eigenvalue weighted by atomic mass is 10.1. The van der Waals surface area contributed by atoms with E-state index in [1.54, 1.807) is 6.07 Å². The van der Waals surface area contributed by atoms with Gasteiger partial charge in [0.15, 0.2) is 0 Å². The number of aryl methyl sites for hydroxylation is 2. The number of fused-ring (bicyclic) bond motifs is 1. The smallest absolute Gasteiger partial charge is 0.303 e. The van der Waals surface area contributed by atoms with E-state index in [4.69, 9.17) is 5.11 Å². The van der Waals surface area contributed by atoms with E-state index in [1.165, 1.54) is 0 Å². The summed E-state index contributed by atoms with van der Waals surface area (Å²) in [6, 6.07) is 5.42. The van der Waals surface area contributed by atoms with Gasteiger partial charge in [0.2, 0.25) is 0 Å². The fourth-order valence-electron chi connectivity index (χ4n) is 1.75. The molecule has 0 aliphatic carbocycles. The van der Waals surface area contributed by atoms with Crippen molar-refractivity contribution in [2.75, 3.05) is 0 Å². The van der Waals surface area contributed by atoms with E-state index >= 15 is 0 Å². The Morgan fingerprint density at radius 3 is 2.94 bits per heavy atom. The number of aromatic nitrogens is 2. The summed E-state index contributed by atoms with van der Waals surface area (Å²) < 4.78 is 0. The first kappa shape index (κ1) is 11.3. The van der Waals surface area contributed by atoms with Crippen LogP contribution in [0.2, 0.25) is 0 Å². The van der Waals surface area contributed by atoms with Crippen LogP contribution < -0.4 is 5.56 Å². The average molecular weight is 232 g/mol. The highest BCUT2D eigenvalue weighted by atomic mass is 16.4. The Hall–Kier alpha value is -2.17. The topological polar surface area (TPSA) is 83.0 Å². The number of aromatic amines is 1. The molecule has 5 nitrogen and oxygen atoms in total. The van der Waals surface area contributed by atoms with Crippen LogP contribution in [0.15, 0.2) is 23.0 Å². The van der Waals surface area contributed by atoms with Crippen LogP contribution >= 0.6 is 0 Å². The van der Waals surface area contributed by atoms with Crippen LogP contribution in [0.3, 0.4) is 0 Å². The Balaban J connectivity index is 2.49. The molecule has 0 unspecified atom stereocenters. The maximum Gasteiger partial charge on any atom is 0.303 e. The van der Waals surface area contributed by atoms with E-state index < -0.39 is 5.97 Å². The van der Waals surface area contributed by atoms with Gasteiger partial charge < -0.3 is 10.1 Å². The van der Waals surface area contributed by atoms with Crippen LogP contribution in [0.25, 0.3) is 10.9 Å². The first-order valence-corrected chi connectivity index (χ1v) is 5.28. The molecule has 0 bridgehead atoms. The molecule has 2 aromatic rings. The molecule has 0 fully saturated rings. The van der Waals surface area contributed by atoms with Crippen molar-refractivity contribution in [3.8, 4) is 0 Å². The summed E-state index contributed by atoms with van der Waals surface area (Å²) in [6.45, 7) is 1.84. The number of hydrogen-bond acceptors (Lipinski definition) is 3. The van der Waals surface area contributed by atoms with Crippen molar-refractivity contribution < 1.29 is 9.90 Å². The molecule has 1 aromatic carbocycles. The van der Waals surface area contributed by atoms with E-state index in [1.807, 2.05) is 19.1 Å². The molecule has 0 spiro atoms. The molecule has 2 rings (SSSR count). The van der Waals surface area contributed by atoms with Crippen molar-refractivity contribution in [3.63, 3.8) is 0 Å². The molecule has 0 saturated carbocycles. The van der Waals surface area contributed by atoms with Crippen molar-refractivity contribution in [2.45, 2.75) is 19.8 Å². The zero-order valence-electron chi connectivity index (χ0n) is 9.36. The summed E-state index contributed by atoms with van der Waals surface area (Å²) in [6.07, 6.45) is 0.189. The van der Waals surface area contributed by atoms with Crippen molar-refractivity contribution in [3.05, 3.63) is 39.9 Å². The number of carboxylic acid groups (broad SMARTS) is 1. The van der Waals surface area contributed by atoms with Gasteiger partial charge in [-0.15, -0.1) is 0 Å². The predicted molar refractivity (Wildman–Crippen MR) is 63.1 cm³/mol. The highest BCUT2D eigenvalue weighted by molar-refractivity contribution is 5.80. The zero-order chi connectivity index (χ0) is 12.4. The maximum absolute atomic E-state index is 11.8. The lowest BCUT2D eigenvalue weighted by Crippen LogP contribution is -2.13. The van der Waals surface area contributed by atoms with Crippen LogP contribution in [-0.4, -0.2) is 21.0 Å². The number of nitrogens with zero attached hydrogens (tertiary/aromatic N) is 1. The molecule has 0 amide bonds. The highest BCUT2D eigenvalue weighted by Crippen LogP contribution is 2.11. The zero-order valence-corrected chi connectivity index (χ0v) is 9.36. The van der Waals surface area contributed by atoms with Crippen molar-refractivity contribution in [1.29, 1.82) is 0 Å². The maximum atomic E-state index is 11.8. The SMILES string of the molecule is Cc1cccc2nc(CCC(=O)O)[nH]c(=O)c12. The summed E-state index contributed by atoms with van der Waals surface area (Å²) in [5.41, 5.74) is 1.25. The Morgan fingerprint density at radius 2 is 2.24 bits per heavy atom. The first-order valence-electron chi connectivity index (χ1n) is 5.28. The van der Waals surface area contributed by atoms with Crippen molar-refractivity contribution >= 4 is 16.9 Å². The van der Waals surface area contributed by atoms with Gasteiger partial charge in [-0.2, -0.15) is 0 Å². The summed E-state index contributed by atoms with van der Waals surface area (Å²) >= 11 is 0. The molecule has 1 aromatic heterocycles. The van der Waals surface area contributed by atoms with Gasteiger partial charge in [-0.1, -0.05) is 12.1 Å². The third-order valence-corrected chi connectivity index (χ3v) is 2.57. The molecule has 0 aliphatic rings. The number of H-pyrrole nitrogens is 1. The predicted octanol–water partition coefficient (Wildman–Crippen LogP) is 1.25. The van der Waals surface area contributed by atoms with Crippen LogP contribution in [0, 0.1) is 6.92 Å². The molecular weight excluding hydrogens is 220 g/mol. The Morgan fingerprint density at radius 1 is 1.47 bits per heavy atom. The Bertz CT molecular complexity index is 631. The van der Waals surface area contributed by atoms with Gasteiger partial charge in [0.1, 0.15) is 5.82 Å². The minimum Gasteiger partial charge on any atom is -0.481 e. The van der Waals surface area contributed by atoms with Gasteiger partial charge in [-0.3, -0.25) is 9.59 Å². The minimum absolute atomic E-state index is 0.0414. The number of hydrogen-bond donors (Lipinski definition) is 2. The first-order chi connectivity index (χ1) is 8.08. The van der Waals surface area contributed by atoms with E-state index in [0.717, 1.165) is 5.56 Å². The van der Waals surface area contributed by atoms with Gasteiger partial charge in [0.25, 0.3) is 5.56 Å². The van der Waals surface area contributed by atoms with Gasteiger partial charge >= 0.3 is 5.97 Å². The third-order valence-electron chi connectivity index (χ3n) is 2.57. The Labute approximate surface area is 97.1 Å². The van der Waals surface area contributed by atoms with Crippen LogP contribution in [0.1, 0.15) is 17.8 Å². The minimum atomic E-state index is -0.906. The molecule has 0 aliphatic heterocycles. The highest BCUT2D eigenvalue weighted by Gasteiger charge is 2.07. The standard InChI is InChI=1S/C12H12N2O3/c1-7-3-2-4-8-11(7)12(17)14-9(13-8)5-6-10(15)16/h2-4H,5-6H2,1H3,(H,15,16)(H,13,14,17). The van der Waals surface area contributed by atoms with Gasteiger partial charge in [0.05, 0.1) is 17.3 Å². The largest absolute Gasteiger partial charge is 0.481 e. The van der Waals surface area contributed by atoms with Crippen LogP contribution in [0.4, 0.5) is 0 Å². The number of benzene rings is 1. The van der Waals surface area contributed by atoms with Crippen molar-refractivity contribution in [2.24, 2.45) is 0 Å². The van der Waals surface area contributed by atoms with E-state index in [-0.39, 0.29) is 18.4 Å². The van der Waals surface area contributed by atoms with E-state index in [9.17, 15) is 9.59 Å². The molecule has 5 heteroatoms. The normalized spacial score (nSPS) is 10.6. The molecule has 0 radical (unpaired) electrons. The van der Waals surface area contributed by atoms with Gasteiger partial charge in [-0.05, 0) is 18.6 Å². The number of carbonyl (C=O) groups is 1. The van der Waals surface area contributed by atoms with Crippen LogP contribution in [-0.2, 0) is 11.2 Å². The fraction of sp³-hybridized carbons (Fsp3) is 0.250. The Kier molecular flexibility index (Phi) is 2.91. The summed E-state index contributed by atoms with van der Waals surface area (Å²) in [4.78, 5) is 29.1. The summed E-state index contributed by atoms with van der Waals surface area (Å²) in [5, 5.41) is 9.14. The summed E-state index contributed by atoms with van der Waals surface area (Å²) in [5.74, 6) is -0.493. The lowest BCUT2D eigenvalue weighted by Gasteiger charge is -2.03. The molecule has 0 atom stereocenters. The molecule has 1 heterocycles. The molecular formula is C12H12N2O3. The molecule has 0 saturated heterocycles. The molecule has 88 valence electrons. The number of carboxylic acids is 1. The van der Waals surface area contributed by atoms with Gasteiger partial charge in [-0.25, -0.2) is 4.98 Å². The fourth-order valence-corrected chi connectivity index (χ4v) is 1.75. The second kappa shape index (κ2) is 4.37. The molecule has 2 N–H and O–H groups in total. The number of aliphatic carboxylic acids is 1. The summed E-state index contributed by atoms with van der Waals surface area (Å²) in [7, 11) is 0. The number of nitrogens with one attached hydrogen (secondary N) is 1. The average Bonchev–Trinajstić information content (AvgIpc) is 2.26.